The van der Waals surface area contributed by atoms with Crippen LogP contribution in [0.1, 0.15) is 30.4 Å². The van der Waals surface area contributed by atoms with Gasteiger partial charge in [-0.3, -0.25) is 0 Å². The lowest BCUT2D eigenvalue weighted by Gasteiger charge is -2.35. The fourth-order valence-electron chi connectivity index (χ4n) is 3.64. The summed E-state index contributed by atoms with van der Waals surface area (Å²) in [5, 5.41) is 9.45. The summed E-state index contributed by atoms with van der Waals surface area (Å²) in [5.41, 5.74) is 2.59. The lowest BCUT2D eigenvalue weighted by molar-refractivity contribution is -0.157. The van der Waals surface area contributed by atoms with Gasteiger partial charge < -0.3 is 19.7 Å². The van der Waals surface area contributed by atoms with E-state index in [9.17, 15) is 4.79 Å². The van der Waals surface area contributed by atoms with Crippen LogP contribution in [0.25, 0.3) is 0 Å². The van der Waals surface area contributed by atoms with Crippen LogP contribution in [-0.2, 0) is 16.2 Å². The summed E-state index contributed by atoms with van der Waals surface area (Å²) in [6.45, 7) is 1.58. The predicted octanol–water partition coefficient (Wildman–Crippen LogP) is 4.15. The van der Waals surface area contributed by atoms with Gasteiger partial charge in [0.1, 0.15) is 11.4 Å². The van der Waals surface area contributed by atoms with Crippen molar-refractivity contribution in [1.82, 2.24) is 10.4 Å². The number of benzene rings is 2. The van der Waals surface area contributed by atoms with Crippen LogP contribution in [0, 0.1) is 0 Å². The van der Waals surface area contributed by atoms with E-state index in [0.29, 0.717) is 24.7 Å². The third-order valence-electron chi connectivity index (χ3n) is 5.46. The summed E-state index contributed by atoms with van der Waals surface area (Å²) >= 11 is 5.96. The minimum atomic E-state index is -0.466. The number of carbonyl (C=O) groups is 1. The van der Waals surface area contributed by atoms with E-state index in [4.69, 9.17) is 26.0 Å². The van der Waals surface area contributed by atoms with Gasteiger partial charge in [0.25, 0.3) is 0 Å². The zero-order valence-corrected chi connectivity index (χ0v) is 17.5. The SMILES string of the molecule is COc1ccc(CNC(=O)ON2CCC3(CC2)CC(c2ccc(Cl)cc2)=NO3)cc1. The van der Waals surface area contributed by atoms with Crippen molar-refractivity contribution in [2.24, 2.45) is 5.16 Å². The molecule has 0 aliphatic carbocycles. The molecule has 1 N–H and O–H groups in total. The summed E-state index contributed by atoms with van der Waals surface area (Å²) in [4.78, 5) is 23.4. The lowest BCUT2D eigenvalue weighted by atomic mass is 9.86. The molecule has 0 bridgehead atoms. The standard InChI is InChI=1S/C22H24ClN3O4/c1-28-19-8-2-16(3-9-19)15-24-21(27)29-26-12-10-22(11-13-26)14-20(25-30-22)17-4-6-18(23)7-5-17/h2-9H,10-15H2,1H3,(H,24,27). The van der Waals surface area contributed by atoms with E-state index in [0.717, 1.165) is 41.9 Å². The molecule has 2 aromatic rings. The number of carbonyl (C=O) groups excluding carboxylic acids is 1. The first-order valence-corrected chi connectivity index (χ1v) is 10.3. The number of hydrogen-bond acceptors (Lipinski definition) is 6. The maximum atomic E-state index is 12.1. The molecule has 2 aliphatic heterocycles. The highest BCUT2D eigenvalue weighted by molar-refractivity contribution is 6.30. The smallest absolute Gasteiger partial charge is 0.426 e. The third kappa shape index (κ3) is 4.86. The van der Waals surface area contributed by atoms with Gasteiger partial charge in [-0.2, -0.15) is 0 Å². The van der Waals surface area contributed by atoms with E-state index in [1.165, 1.54) is 0 Å². The molecule has 2 heterocycles. The molecule has 0 radical (unpaired) electrons. The van der Waals surface area contributed by atoms with E-state index in [2.05, 4.69) is 10.5 Å². The number of nitrogens with one attached hydrogen (secondary N) is 1. The monoisotopic (exact) mass is 429 g/mol. The first kappa shape index (κ1) is 20.5. The van der Waals surface area contributed by atoms with Crippen molar-refractivity contribution in [3.05, 3.63) is 64.7 Å². The predicted molar refractivity (Wildman–Crippen MR) is 114 cm³/mol. The molecule has 2 aliphatic rings. The Morgan fingerprint density at radius 2 is 1.87 bits per heavy atom. The van der Waals surface area contributed by atoms with E-state index in [1.807, 2.05) is 48.5 Å². The maximum absolute atomic E-state index is 12.1. The Morgan fingerprint density at radius 3 is 2.53 bits per heavy atom. The van der Waals surface area contributed by atoms with Crippen LogP contribution in [0.5, 0.6) is 5.75 Å². The fourth-order valence-corrected chi connectivity index (χ4v) is 3.76. The molecule has 0 atom stereocenters. The Morgan fingerprint density at radius 1 is 1.17 bits per heavy atom. The topological polar surface area (TPSA) is 72.4 Å². The highest BCUT2D eigenvalue weighted by Crippen LogP contribution is 2.36. The van der Waals surface area contributed by atoms with Gasteiger partial charge in [0, 0.05) is 43.9 Å². The molecule has 1 saturated heterocycles. The minimum Gasteiger partial charge on any atom is -0.497 e. The van der Waals surface area contributed by atoms with Crippen molar-refractivity contribution in [1.29, 1.82) is 0 Å². The van der Waals surface area contributed by atoms with E-state index in [-0.39, 0.29) is 5.60 Å². The first-order chi connectivity index (χ1) is 14.5. The van der Waals surface area contributed by atoms with Gasteiger partial charge >= 0.3 is 6.09 Å². The molecule has 8 heteroatoms. The Kier molecular flexibility index (Phi) is 6.11. The van der Waals surface area contributed by atoms with Gasteiger partial charge in [0.15, 0.2) is 0 Å². The summed E-state index contributed by atoms with van der Waals surface area (Å²) in [6, 6.07) is 15.1. The van der Waals surface area contributed by atoms with Gasteiger partial charge in [0.2, 0.25) is 0 Å². The van der Waals surface area contributed by atoms with Crippen LogP contribution < -0.4 is 10.1 Å². The second-order valence-electron chi connectivity index (χ2n) is 7.51. The molecule has 1 amide bonds. The number of ether oxygens (including phenoxy) is 1. The van der Waals surface area contributed by atoms with Crippen LogP contribution in [0.15, 0.2) is 53.7 Å². The largest absolute Gasteiger partial charge is 0.497 e. The van der Waals surface area contributed by atoms with Crippen LogP contribution in [0.2, 0.25) is 5.02 Å². The van der Waals surface area contributed by atoms with Gasteiger partial charge in [0.05, 0.1) is 12.8 Å². The molecule has 4 rings (SSSR count). The highest BCUT2D eigenvalue weighted by Gasteiger charge is 2.43. The minimum absolute atomic E-state index is 0.325. The van der Waals surface area contributed by atoms with E-state index in [1.54, 1.807) is 12.2 Å². The van der Waals surface area contributed by atoms with Crippen LogP contribution in [-0.4, -0.2) is 42.7 Å². The van der Waals surface area contributed by atoms with Crippen molar-refractivity contribution in [2.75, 3.05) is 20.2 Å². The van der Waals surface area contributed by atoms with Crippen molar-refractivity contribution in [3.8, 4) is 5.75 Å². The quantitative estimate of drug-likeness (QED) is 0.773. The van der Waals surface area contributed by atoms with E-state index >= 15 is 0 Å². The van der Waals surface area contributed by atoms with Crippen molar-refractivity contribution < 1.29 is 19.2 Å². The van der Waals surface area contributed by atoms with Crippen LogP contribution >= 0.6 is 11.6 Å². The van der Waals surface area contributed by atoms with Crippen molar-refractivity contribution in [2.45, 2.75) is 31.4 Å². The Hall–Kier alpha value is -2.77. The van der Waals surface area contributed by atoms with Crippen LogP contribution in [0.4, 0.5) is 4.79 Å². The normalized spacial score (nSPS) is 17.9. The molecular formula is C22H24ClN3O4. The average molecular weight is 430 g/mol. The number of oxime groups is 1. The van der Waals surface area contributed by atoms with Crippen molar-refractivity contribution in [3.63, 3.8) is 0 Å². The number of piperidine rings is 1. The number of hydroxylamine groups is 2. The zero-order valence-electron chi connectivity index (χ0n) is 16.8. The summed E-state index contributed by atoms with van der Waals surface area (Å²) in [5.74, 6) is 0.779. The molecule has 0 aromatic heterocycles. The van der Waals surface area contributed by atoms with Gasteiger partial charge in [-0.1, -0.05) is 41.0 Å². The maximum Gasteiger partial charge on any atom is 0.426 e. The van der Waals surface area contributed by atoms with Gasteiger partial charge in [-0.05, 0) is 35.4 Å². The van der Waals surface area contributed by atoms with E-state index < -0.39 is 6.09 Å². The molecule has 0 unspecified atom stereocenters. The zero-order chi connectivity index (χ0) is 21.0. The summed E-state index contributed by atoms with van der Waals surface area (Å²) in [6.07, 6.45) is 1.75. The highest BCUT2D eigenvalue weighted by atomic mass is 35.5. The van der Waals surface area contributed by atoms with Gasteiger partial charge in [-0.25, -0.2) is 4.79 Å². The second-order valence-corrected chi connectivity index (χ2v) is 7.94. The molecule has 1 fully saturated rings. The molecular weight excluding hydrogens is 406 g/mol. The number of nitrogens with zero attached hydrogens (tertiary/aromatic N) is 2. The Labute approximate surface area is 180 Å². The molecule has 1 spiro atoms. The third-order valence-corrected chi connectivity index (χ3v) is 5.71. The fraction of sp³-hybridized carbons (Fsp3) is 0.364. The molecule has 2 aromatic carbocycles. The average Bonchev–Trinajstić information content (AvgIpc) is 3.18. The number of halogens is 1. The number of rotatable bonds is 5. The molecule has 7 nitrogen and oxygen atoms in total. The Bertz CT molecular complexity index is 907. The van der Waals surface area contributed by atoms with Crippen LogP contribution in [0.3, 0.4) is 0 Å². The van der Waals surface area contributed by atoms with Crippen molar-refractivity contribution >= 4 is 23.4 Å². The lowest BCUT2D eigenvalue weighted by Crippen LogP contribution is -2.46. The second kappa shape index (κ2) is 8.93. The Balaban J connectivity index is 1.22. The molecule has 0 saturated carbocycles. The molecule has 30 heavy (non-hydrogen) atoms. The van der Waals surface area contributed by atoms with Gasteiger partial charge in [-0.15, -0.1) is 5.06 Å². The number of hydrogen-bond donors (Lipinski definition) is 1. The number of methoxy groups -OCH3 is 1. The molecule has 158 valence electrons. The first-order valence-electron chi connectivity index (χ1n) is 9.90. The number of amides is 1. The summed E-state index contributed by atoms with van der Waals surface area (Å²) < 4.78 is 5.13. The summed E-state index contributed by atoms with van der Waals surface area (Å²) in [7, 11) is 1.62.